The van der Waals surface area contributed by atoms with Gasteiger partial charge in [-0.05, 0) is 24.3 Å². The molecular weight excluding hydrogens is 394 g/mol. The number of halogens is 1. The number of hydrogen-bond donors (Lipinski definition) is 2. The van der Waals surface area contributed by atoms with Crippen molar-refractivity contribution in [2.75, 3.05) is 5.73 Å². The first-order valence-electron chi connectivity index (χ1n) is 6.86. The van der Waals surface area contributed by atoms with Crippen molar-refractivity contribution in [3.05, 3.63) is 51.6 Å². The van der Waals surface area contributed by atoms with Gasteiger partial charge in [0.1, 0.15) is 16.5 Å². The molecule has 3 aromatic rings. The molecular formula is C15H12BrN5O2S. The number of nitrogens with two attached hydrogens (primary N) is 1. The lowest BCUT2D eigenvalue weighted by atomic mass is 10.2. The van der Waals surface area contributed by atoms with Gasteiger partial charge in [0.15, 0.2) is 0 Å². The minimum absolute atomic E-state index is 0.0779. The third-order valence-corrected chi connectivity index (χ3v) is 4.21. The number of nitrogen functional groups attached to an aromatic ring is 1. The van der Waals surface area contributed by atoms with Crippen LogP contribution in [0.3, 0.4) is 0 Å². The molecule has 7 nitrogen and oxygen atoms in total. The Morgan fingerprint density at radius 1 is 1.29 bits per heavy atom. The Morgan fingerprint density at radius 2 is 2.08 bits per heavy atom. The lowest BCUT2D eigenvalue weighted by molar-refractivity contribution is -0.120. The van der Waals surface area contributed by atoms with E-state index in [2.05, 4.69) is 36.7 Å². The van der Waals surface area contributed by atoms with Crippen molar-refractivity contribution in [3.8, 4) is 11.3 Å². The Balaban J connectivity index is 1.57. The summed E-state index contributed by atoms with van der Waals surface area (Å²) < 4.78 is 6.66. The van der Waals surface area contributed by atoms with Crippen LogP contribution < -0.4 is 11.2 Å². The molecule has 0 atom stereocenters. The second-order valence-electron chi connectivity index (χ2n) is 4.71. The standard InChI is InChI=1S/C15H12BrN5O2S/c16-10-3-1-9(2-4-10)12-6-5-11(23-12)8-18-19-13(22)7-14-20-21-15(17)24-14/h1-6,8H,7H2,(H2,17,21)(H,19,22)/b18-8+. The predicted octanol–water partition coefficient (Wildman–Crippen LogP) is 2.84. The number of nitrogens with one attached hydrogen (secondary N) is 1. The van der Waals surface area contributed by atoms with Gasteiger partial charge in [-0.3, -0.25) is 4.79 Å². The highest BCUT2D eigenvalue weighted by Crippen LogP contribution is 2.23. The van der Waals surface area contributed by atoms with E-state index >= 15 is 0 Å². The maximum absolute atomic E-state index is 11.7. The summed E-state index contributed by atoms with van der Waals surface area (Å²) in [5.41, 5.74) is 8.82. The molecule has 0 bridgehead atoms. The number of aromatic nitrogens is 2. The summed E-state index contributed by atoms with van der Waals surface area (Å²) in [5, 5.41) is 12.2. The van der Waals surface area contributed by atoms with Crippen molar-refractivity contribution in [1.29, 1.82) is 0 Å². The molecule has 1 aromatic carbocycles. The van der Waals surface area contributed by atoms with Crippen molar-refractivity contribution >= 4 is 44.5 Å². The van der Waals surface area contributed by atoms with Crippen LogP contribution in [-0.2, 0) is 11.2 Å². The molecule has 3 rings (SSSR count). The van der Waals surface area contributed by atoms with Gasteiger partial charge in [-0.15, -0.1) is 10.2 Å². The molecule has 2 heterocycles. The van der Waals surface area contributed by atoms with Gasteiger partial charge in [-0.1, -0.05) is 39.4 Å². The summed E-state index contributed by atoms with van der Waals surface area (Å²) in [5.74, 6) is 0.954. The minimum atomic E-state index is -0.304. The number of anilines is 1. The average molecular weight is 406 g/mol. The van der Waals surface area contributed by atoms with E-state index < -0.39 is 0 Å². The van der Waals surface area contributed by atoms with Gasteiger partial charge >= 0.3 is 0 Å². The van der Waals surface area contributed by atoms with Crippen LogP contribution >= 0.6 is 27.3 Å². The van der Waals surface area contributed by atoms with E-state index in [0.717, 1.165) is 15.8 Å². The summed E-state index contributed by atoms with van der Waals surface area (Å²) in [6, 6.07) is 11.4. The molecule has 0 fully saturated rings. The smallest absolute Gasteiger partial charge is 0.247 e. The molecule has 0 unspecified atom stereocenters. The number of rotatable bonds is 5. The van der Waals surface area contributed by atoms with E-state index in [0.29, 0.717) is 15.9 Å². The van der Waals surface area contributed by atoms with Crippen LogP contribution in [0.1, 0.15) is 10.8 Å². The zero-order valence-corrected chi connectivity index (χ0v) is 14.7. The molecule has 0 radical (unpaired) electrons. The fourth-order valence-corrected chi connectivity index (χ4v) is 2.75. The number of carbonyl (C=O) groups is 1. The first-order valence-corrected chi connectivity index (χ1v) is 8.46. The van der Waals surface area contributed by atoms with Gasteiger partial charge in [0.05, 0.1) is 12.6 Å². The largest absolute Gasteiger partial charge is 0.455 e. The Hall–Kier alpha value is -2.52. The zero-order chi connectivity index (χ0) is 16.9. The van der Waals surface area contributed by atoms with E-state index in [1.54, 1.807) is 6.07 Å². The Bertz CT molecular complexity index is 872. The van der Waals surface area contributed by atoms with Gasteiger partial charge in [-0.2, -0.15) is 5.10 Å². The van der Waals surface area contributed by atoms with E-state index in [1.165, 1.54) is 17.6 Å². The van der Waals surface area contributed by atoms with Crippen LogP contribution in [0.5, 0.6) is 0 Å². The number of amides is 1. The summed E-state index contributed by atoms with van der Waals surface area (Å²) >= 11 is 4.56. The van der Waals surface area contributed by atoms with Gasteiger partial charge < -0.3 is 10.2 Å². The lowest BCUT2D eigenvalue weighted by Gasteiger charge is -1.97. The van der Waals surface area contributed by atoms with Crippen molar-refractivity contribution in [2.24, 2.45) is 5.10 Å². The van der Waals surface area contributed by atoms with Gasteiger partial charge in [0.2, 0.25) is 11.0 Å². The first kappa shape index (κ1) is 16.3. The van der Waals surface area contributed by atoms with Gasteiger partial charge in [0.25, 0.3) is 0 Å². The van der Waals surface area contributed by atoms with Crippen LogP contribution in [0, 0.1) is 0 Å². The zero-order valence-electron chi connectivity index (χ0n) is 12.3. The van der Waals surface area contributed by atoms with Crippen molar-refractivity contribution < 1.29 is 9.21 Å². The normalized spacial score (nSPS) is 11.0. The SMILES string of the molecule is Nc1nnc(CC(=O)N/N=C/c2ccc(-c3ccc(Br)cc3)o2)s1. The van der Waals surface area contributed by atoms with Crippen LogP contribution in [0.15, 0.2) is 50.4 Å². The number of furan rings is 1. The second-order valence-corrected chi connectivity index (χ2v) is 6.72. The van der Waals surface area contributed by atoms with Crippen LogP contribution in [0.25, 0.3) is 11.3 Å². The molecule has 122 valence electrons. The highest BCUT2D eigenvalue weighted by atomic mass is 79.9. The minimum Gasteiger partial charge on any atom is -0.455 e. The van der Waals surface area contributed by atoms with Gasteiger partial charge in [-0.25, -0.2) is 5.43 Å². The molecule has 0 aliphatic rings. The molecule has 3 N–H and O–H groups in total. The quantitative estimate of drug-likeness (QED) is 0.501. The molecule has 9 heteroatoms. The number of hydrazone groups is 1. The monoisotopic (exact) mass is 405 g/mol. The lowest BCUT2D eigenvalue weighted by Crippen LogP contribution is -2.19. The Labute approximate surface area is 149 Å². The van der Waals surface area contributed by atoms with Crippen molar-refractivity contribution in [3.63, 3.8) is 0 Å². The highest BCUT2D eigenvalue weighted by Gasteiger charge is 2.07. The Kier molecular flexibility index (Phi) is 5.02. The molecule has 0 spiro atoms. The fourth-order valence-electron chi connectivity index (χ4n) is 1.87. The maximum atomic E-state index is 11.7. The number of nitrogens with zero attached hydrogens (tertiary/aromatic N) is 3. The molecule has 0 aliphatic heterocycles. The molecule has 0 saturated carbocycles. The van der Waals surface area contributed by atoms with Crippen molar-refractivity contribution in [1.82, 2.24) is 15.6 Å². The maximum Gasteiger partial charge on any atom is 0.247 e. The third kappa shape index (κ3) is 4.27. The molecule has 0 saturated heterocycles. The van der Waals surface area contributed by atoms with Crippen LogP contribution in [0.2, 0.25) is 0 Å². The van der Waals surface area contributed by atoms with E-state index in [-0.39, 0.29) is 12.3 Å². The molecule has 2 aromatic heterocycles. The summed E-state index contributed by atoms with van der Waals surface area (Å²) in [4.78, 5) is 11.7. The molecule has 24 heavy (non-hydrogen) atoms. The highest BCUT2D eigenvalue weighted by molar-refractivity contribution is 9.10. The first-order chi connectivity index (χ1) is 11.6. The van der Waals surface area contributed by atoms with Crippen LogP contribution in [-0.4, -0.2) is 22.3 Å². The van der Waals surface area contributed by atoms with E-state index in [4.69, 9.17) is 10.2 Å². The molecule has 0 aliphatic carbocycles. The van der Waals surface area contributed by atoms with E-state index in [9.17, 15) is 4.79 Å². The molecule has 1 amide bonds. The Morgan fingerprint density at radius 3 is 2.79 bits per heavy atom. The topological polar surface area (TPSA) is 106 Å². The second kappa shape index (κ2) is 7.37. The predicted molar refractivity (Wildman–Crippen MR) is 95.6 cm³/mol. The van der Waals surface area contributed by atoms with Crippen LogP contribution in [0.4, 0.5) is 5.13 Å². The third-order valence-electron chi connectivity index (χ3n) is 2.93. The van der Waals surface area contributed by atoms with E-state index in [1.807, 2.05) is 30.3 Å². The number of benzene rings is 1. The van der Waals surface area contributed by atoms with Crippen molar-refractivity contribution in [2.45, 2.75) is 6.42 Å². The number of carbonyl (C=O) groups excluding carboxylic acids is 1. The summed E-state index contributed by atoms with van der Waals surface area (Å²) in [7, 11) is 0. The summed E-state index contributed by atoms with van der Waals surface area (Å²) in [6.07, 6.45) is 1.52. The summed E-state index contributed by atoms with van der Waals surface area (Å²) in [6.45, 7) is 0. The van der Waals surface area contributed by atoms with Gasteiger partial charge in [0, 0.05) is 10.0 Å². The average Bonchev–Trinajstić information content (AvgIpc) is 3.17. The number of hydrogen-bond acceptors (Lipinski definition) is 7. The fraction of sp³-hybridized carbons (Fsp3) is 0.0667.